The van der Waals surface area contributed by atoms with Crippen LogP contribution in [-0.2, 0) is 38.1 Å². The number of nitrogens with zero attached hydrogens (tertiary/aromatic N) is 1. The number of pyridine rings is 1. The second kappa shape index (κ2) is 16.9. The summed E-state index contributed by atoms with van der Waals surface area (Å²) in [5, 5.41) is 18.3. The van der Waals surface area contributed by atoms with Gasteiger partial charge in [-0.3, -0.25) is 19.4 Å². The first-order valence-electron chi connectivity index (χ1n) is 19.1. The summed E-state index contributed by atoms with van der Waals surface area (Å²) in [6, 6.07) is 8.64. The zero-order valence-corrected chi connectivity index (χ0v) is 32.9. The monoisotopic (exact) mass is 751 g/mol. The number of amides is 1. The lowest BCUT2D eigenvalue weighted by Gasteiger charge is -2.46. The molecule has 3 aliphatic rings. The maximum absolute atomic E-state index is 14.4. The zero-order valence-electron chi connectivity index (χ0n) is 32.9. The second-order valence-corrected chi connectivity index (χ2v) is 15.7. The summed E-state index contributed by atoms with van der Waals surface area (Å²) in [5.74, 6) is -5.12. The number of ketones is 2. The summed E-state index contributed by atoms with van der Waals surface area (Å²) >= 11 is 0. The van der Waals surface area contributed by atoms with E-state index in [1.54, 1.807) is 54.8 Å². The maximum Gasteiger partial charge on any atom is 0.408 e. The van der Waals surface area contributed by atoms with Gasteiger partial charge in [0.05, 0.1) is 36.0 Å². The van der Waals surface area contributed by atoms with Gasteiger partial charge < -0.3 is 39.4 Å². The lowest BCUT2D eigenvalue weighted by Crippen LogP contribution is -2.60. The largest absolute Gasteiger partial charge is 0.458 e. The lowest BCUT2D eigenvalue weighted by atomic mass is 9.73. The van der Waals surface area contributed by atoms with Crippen LogP contribution in [0, 0.1) is 23.7 Å². The lowest BCUT2D eigenvalue weighted by molar-refractivity contribution is -0.291. The van der Waals surface area contributed by atoms with E-state index in [2.05, 4.69) is 15.6 Å². The molecule has 0 aliphatic carbocycles. The number of aliphatic hydroxyl groups excluding tert-OH is 1. The van der Waals surface area contributed by atoms with Gasteiger partial charge >= 0.3 is 12.1 Å². The molecule has 4 heterocycles. The molecule has 5 rings (SSSR count). The molecule has 13 heteroatoms. The summed E-state index contributed by atoms with van der Waals surface area (Å²) < 4.78 is 31.2. The van der Waals surface area contributed by atoms with Crippen LogP contribution in [0.5, 0.6) is 0 Å². The van der Waals surface area contributed by atoms with Crippen molar-refractivity contribution in [1.82, 2.24) is 15.6 Å². The Bertz CT molecular complexity index is 1720. The van der Waals surface area contributed by atoms with Gasteiger partial charge in [0.1, 0.15) is 23.9 Å². The first-order chi connectivity index (χ1) is 25.5. The van der Waals surface area contributed by atoms with E-state index in [-0.39, 0.29) is 37.4 Å². The van der Waals surface area contributed by atoms with Crippen molar-refractivity contribution in [2.45, 2.75) is 129 Å². The van der Waals surface area contributed by atoms with Crippen molar-refractivity contribution >= 4 is 40.6 Å². The van der Waals surface area contributed by atoms with Crippen molar-refractivity contribution in [3.63, 3.8) is 0 Å². The van der Waals surface area contributed by atoms with Gasteiger partial charge in [0.15, 0.2) is 17.7 Å². The number of rotatable bonds is 8. The second-order valence-electron chi connectivity index (χ2n) is 15.7. The van der Waals surface area contributed by atoms with E-state index >= 15 is 0 Å². The van der Waals surface area contributed by atoms with Gasteiger partial charge in [0.2, 0.25) is 0 Å². The molecule has 3 fully saturated rings. The number of fused-ring (bicyclic) bond motifs is 2. The molecule has 13 atom stereocenters. The topological polar surface area (TPSA) is 172 Å². The summed E-state index contributed by atoms with van der Waals surface area (Å²) in [6.07, 6.45) is 1.06. The Balaban J connectivity index is 1.55. The summed E-state index contributed by atoms with van der Waals surface area (Å²) in [5.41, 5.74) is -1.00. The molecule has 3 saturated heterocycles. The molecule has 3 aliphatic heterocycles. The Kier molecular flexibility index (Phi) is 13.0. The van der Waals surface area contributed by atoms with Gasteiger partial charge in [-0.2, -0.15) is 0 Å². The fourth-order valence-corrected chi connectivity index (χ4v) is 8.53. The number of esters is 1. The van der Waals surface area contributed by atoms with Crippen LogP contribution in [0.25, 0.3) is 17.0 Å². The number of benzene rings is 1. The Labute approximate surface area is 317 Å². The fourth-order valence-electron chi connectivity index (χ4n) is 8.53. The van der Waals surface area contributed by atoms with Gasteiger partial charge in [0, 0.05) is 35.4 Å². The molecule has 13 nitrogen and oxygen atoms in total. The fraction of sp³-hybridized carbons (Fsp3) is 0.634. The van der Waals surface area contributed by atoms with Gasteiger partial charge in [-0.15, -0.1) is 0 Å². The molecule has 0 radical (unpaired) electrons. The van der Waals surface area contributed by atoms with E-state index in [4.69, 9.17) is 23.7 Å². The van der Waals surface area contributed by atoms with Crippen LogP contribution >= 0.6 is 0 Å². The average molecular weight is 752 g/mol. The summed E-state index contributed by atoms with van der Waals surface area (Å²) in [7, 11) is 1.75. The molecule has 3 N–H and O–H groups in total. The molecule has 1 aromatic carbocycles. The molecule has 54 heavy (non-hydrogen) atoms. The Morgan fingerprint density at radius 1 is 1.06 bits per heavy atom. The Hall–Kier alpha value is -3.75. The van der Waals surface area contributed by atoms with Crippen molar-refractivity contribution in [3.05, 3.63) is 48.2 Å². The predicted molar refractivity (Wildman–Crippen MR) is 201 cm³/mol. The number of carbonyl (C=O) groups excluding carboxylic acids is 4. The number of alkyl carbamates (subject to hydrolysis) is 1. The minimum Gasteiger partial charge on any atom is -0.458 e. The number of para-hydroxylation sites is 1. The first-order valence-corrected chi connectivity index (χ1v) is 19.1. The van der Waals surface area contributed by atoms with E-state index < -0.39 is 83.4 Å². The molecule has 0 bridgehead atoms. The van der Waals surface area contributed by atoms with Crippen molar-refractivity contribution in [2.24, 2.45) is 23.7 Å². The minimum atomic E-state index is -1.38. The molecule has 1 aromatic heterocycles. The van der Waals surface area contributed by atoms with Crippen LogP contribution in [0.4, 0.5) is 4.79 Å². The SMILES string of the molecule is CCC1OC(=O)[C@H](C)C(=O)[C@H](C)[C@@H](O[C@@H]2O[C@H](C)C[C@H](NC)[C@H]2O)[C@](C)(OC/C=C/c2cnc3ccccc3c2)C[C@@H](C)C(=O)[C@H](C)[C@H]2NC(=O)O[C@]12C. The number of nitrogens with one attached hydrogen (secondary N) is 2. The first kappa shape index (κ1) is 41.4. The maximum atomic E-state index is 14.4. The van der Waals surface area contributed by atoms with E-state index in [0.717, 1.165) is 16.5 Å². The normalized spacial score (nSPS) is 38.4. The van der Waals surface area contributed by atoms with Crippen molar-refractivity contribution in [2.75, 3.05) is 13.7 Å². The average Bonchev–Trinajstić information content (AvgIpc) is 3.47. The van der Waals surface area contributed by atoms with Gasteiger partial charge in [-0.25, -0.2) is 4.79 Å². The Morgan fingerprint density at radius 3 is 2.48 bits per heavy atom. The number of likely N-dealkylation sites (N-methyl/N-ethyl adjacent to an activating group) is 1. The number of carbonyl (C=O) groups is 4. The van der Waals surface area contributed by atoms with Crippen LogP contribution in [0.2, 0.25) is 0 Å². The van der Waals surface area contributed by atoms with Gasteiger partial charge in [0.25, 0.3) is 0 Å². The molecular weight excluding hydrogens is 694 g/mol. The van der Waals surface area contributed by atoms with Gasteiger partial charge in [-0.05, 0) is 71.7 Å². The van der Waals surface area contributed by atoms with Crippen molar-refractivity contribution in [3.8, 4) is 0 Å². The third kappa shape index (κ3) is 8.55. The number of hydrogen-bond donors (Lipinski definition) is 3. The quantitative estimate of drug-likeness (QED) is 0.250. The highest BCUT2D eigenvalue weighted by molar-refractivity contribution is 6.00. The number of hydrogen-bond acceptors (Lipinski definition) is 12. The number of cyclic esters (lactones) is 1. The number of ether oxygens (including phenoxy) is 5. The van der Waals surface area contributed by atoms with Crippen molar-refractivity contribution < 1.29 is 48.0 Å². The minimum absolute atomic E-state index is 0.0601. The van der Waals surface area contributed by atoms with Crippen LogP contribution in [0.3, 0.4) is 0 Å². The van der Waals surface area contributed by atoms with E-state index in [0.29, 0.717) is 6.42 Å². The number of aliphatic hydroxyl groups is 1. The molecular formula is C41H57N3O10. The Morgan fingerprint density at radius 2 is 1.78 bits per heavy atom. The molecule has 0 saturated carbocycles. The zero-order chi connectivity index (χ0) is 39.5. The molecule has 2 aromatic rings. The molecule has 1 amide bonds. The molecule has 296 valence electrons. The summed E-state index contributed by atoms with van der Waals surface area (Å²) in [4.78, 5) is 59.7. The van der Waals surface area contributed by atoms with Crippen LogP contribution in [0.1, 0.15) is 80.2 Å². The smallest absolute Gasteiger partial charge is 0.408 e. The number of aromatic nitrogens is 1. The third-order valence-corrected chi connectivity index (χ3v) is 11.6. The van der Waals surface area contributed by atoms with E-state index in [1.165, 1.54) is 6.92 Å². The van der Waals surface area contributed by atoms with Gasteiger partial charge in [-0.1, -0.05) is 58.0 Å². The van der Waals surface area contributed by atoms with Crippen LogP contribution < -0.4 is 10.6 Å². The van der Waals surface area contributed by atoms with Crippen LogP contribution in [-0.4, -0.2) is 101 Å². The van der Waals surface area contributed by atoms with E-state index in [9.17, 15) is 24.3 Å². The standard InChI is InChI=1S/C41H57N3O10/c1-10-31-41(8)35(44-39(49)54-41)24(4)32(45)22(2)20-40(7,50-17-13-14-27-19-28-15-11-12-16-29(28)43-21-27)36(25(5)33(46)26(6)37(48)52-31)53-38-34(47)30(42-9)18-23(3)51-38/h11-16,19,21-26,30-31,34-36,38,42,47H,10,17-18,20H2,1-9H3,(H,44,49)/b14-13+/t22-,23-,24+,25+,26-,30+,31?,34-,35-,36-,38+,40-,41-/m1/s1. The number of Topliss-reactive ketones (excluding diaryl/α,β-unsaturated/α-hetero) is 2. The highest BCUT2D eigenvalue weighted by Gasteiger charge is 2.57. The molecule has 1 unspecified atom stereocenters. The van der Waals surface area contributed by atoms with E-state index in [1.807, 2.05) is 49.4 Å². The van der Waals surface area contributed by atoms with Crippen LogP contribution in [0.15, 0.2) is 42.6 Å². The summed E-state index contributed by atoms with van der Waals surface area (Å²) in [6.45, 7) is 13.8. The predicted octanol–water partition coefficient (Wildman–Crippen LogP) is 4.77. The molecule has 0 spiro atoms. The third-order valence-electron chi connectivity index (χ3n) is 11.6. The van der Waals surface area contributed by atoms with Crippen molar-refractivity contribution in [1.29, 1.82) is 0 Å². The highest BCUT2D eigenvalue weighted by Crippen LogP contribution is 2.40. The highest BCUT2D eigenvalue weighted by atomic mass is 16.7.